The third-order valence-corrected chi connectivity index (χ3v) is 3.48. The van der Waals surface area contributed by atoms with Gasteiger partial charge in [-0.15, -0.1) is 0 Å². The van der Waals surface area contributed by atoms with Crippen molar-refractivity contribution < 1.29 is 18.9 Å². The van der Waals surface area contributed by atoms with Crippen molar-refractivity contribution in [3.63, 3.8) is 0 Å². The van der Waals surface area contributed by atoms with Crippen LogP contribution in [-0.4, -0.2) is 22.8 Å². The molecule has 0 saturated carbocycles. The number of rotatable bonds is 5. The summed E-state index contributed by atoms with van der Waals surface area (Å²) in [5.41, 5.74) is -0.287. The second-order valence-electron chi connectivity index (χ2n) is 5.12. The number of nitro groups is 1. The average molecular weight is 366 g/mol. The minimum Gasteiger partial charge on any atom is -0.341 e. The minimum atomic E-state index is -0.998. The number of carbonyl (C=O) groups is 2. The van der Waals surface area contributed by atoms with Crippen molar-refractivity contribution in [2.24, 2.45) is 0 Å². The molecule has 0 radical (unpaired) electrons. The number of nitro benzene ring substituents is 1. The van der Waals surface area contributed by atoms with E-state index in [0.29, 0.717) is 0 Å². The molecule has 0 heterocycles. The van der Waals surface area contributed by atoms with E-state index >= 15 is 0 Å². The van der Waals surface area contributed by atoms with E-state index in [0.717, 1.165) is 12.1 Å². The first kappa shape index (κ1) is 18.3. The van der Waals surface area contributed by atoms with E-state index in [1.165, 1.54) is 37.3 Å². The Morgan fingerprint density at radius 1 is 1.24 bits per heavy atom. The largest absolute Gasteiger partial charge is 0.341 e. The molecule has 0 bridgehead atoms. The molecule has 1 atom stereocenters. The third-order valence-electron chi connectivity index (χ3n) is 3.25. The summed E-state index contributed by atoms with van der Waals surface area (Å²) in [6.45, 7) is 1.40. The lowest BCUT2D eigenvalue weighted by atomic mass is 10.1. The van der Waals surface area contributed by atoms with Crippen molar-refractivity contribution in [3.05, 3.63) is 69.0 Å². The topological polar surface area (TPSA) is 101 Å². The lowest BCUT2D eigenvalue weighted by Gasteiger charge is -2.14. The van der Waals surface area contributed by atoms with Crippen molar-refractivity contribution in [2.45, 2.75) is 13.0 Å². The van der Waals surface area contributed by atoms with E-state index in [1.807, 2.05) is 0 Å². The summed E-state index contributed by atoms with van der Waals surface area (Å²) in [5.74, 6) is -2.03. The molecule has 1 unspecified atom stereocenters. The first-order valence-corrected chi connectivity index (χ1v) is 7.47. The van der Waals surface area contributed by atoms with Gasteiger partial charge in [0.05, 0.1) is 10.6 Å². The van der Waals surface area contributed by atoms with Gasteiger partial charge in [-0.3, -0.25) is 19.7 Å². The second-order valence-corrected chi connectivity index (χ2v) is 5.55. The van der Waals surface area contributed by atoms with Crippen LogP contribution in [0.2, 0.25) is 5.02 Å². The van der Waals surface area contributed by atoms with Crippen LogP contribution in [0.15, 0.2) is 42.5 Å². The molecule has 130 valence electrons. The van der Waals surface area contributed by atoms with Crippen LogP contribution in [-0.2, 0) is 4.79 Å². The molecule has 7 nitrogen and oxygen atoms in total. The van der Waals surface area contributed by atoms with Gasteiger partial charge >= 0.3 is 0 Å². The van der Waals surface area contributed by atoms with E-state index in [2.05, 4.69) is 10.6 Å². The zero-order valence-electron chi connectivity index (χ0n) is 13.0. The molecule has 0 fully saturated rings. The maximum atomic E-state index is 13.7. The quantitative estimate of drug-likeness (QED) is 0.627. The van der Waals surface area contributed by atoms with E-state index < -0.39 is 28.6 Å². The zero-order valence-corrected chi connectivity index (χ0v) is 13.7. The third kappa shape index (κ3) is 4.74. The number of amides is 2. The van der Waals surface area contributed by atoms with Crippen molar-refractivity contribution in [2.75, 3.05) is 5.32 Å². The highest BCUT2D eigenvalue weighted by atomic mass is 35.5. The Morgan fingerprint density at radius 3 is 2.60 bits per heavy atom. The molecule has 0 aliphatic heterocycles. The van der Waals surface area contributed by atoms with Crippen LogP contribution >= 0.6 is 11.6 Å². The predicted octanol–water partition coefficient (Wildman–Crippen LogP) is 3.14. The highest BCUT2D eigenvalue weighted by molar-refractivity contribution is 6.30. The van der Waals surface area contributed by atoms with Gasteiger partial charge in [-0.1, -0.05) is 17.7 Å². The smallest absolute Gasteiger partial charge is 0.270 e. The van der Waals surface area contributed by atoms with Crippen LogP contribution in [0.3, 0.4) is 0 Å². The van der Waals surface area contributed by atoms with Crippen LogP contribution in [0, 0.1) is 15.9 Å². The van der Waals surface area contributed by atoms with Crippen molar-refractivity contribution >= 4 is 34.8 Å². The van der Waals surface area contributed by atoms with Gasteiger partial charge in [0.15, 0.2) is 0 Å². The van der Waals surface area contributed by atoms with Gasteiger partial charge < -0.3 is 10.6 Å². The van der Waals surface area contributed by atoms with Crippen LogP contribution < -0.4 is 10.6 Å². The molecule has 2 amide bonds. The summed E-state index contributed by atoms with van der Waals surface area (Å²) in [6, 6.07) is 7.84. The minimum absolute atomic E-state index is 0.0338. The predicted molar refractivity (Wildman–Crippen MR) is 90.1 cm³/mol. The van der Waals surface area contributed by atoms with Crippen molar-refractivity contribution in [1.29, 1.82) is 0 Å². The molecule has 0 aliphatic rings. The number of benzene rings is 2. The first-order valence-electron chi connectivity index (χ1n) is 7.09. The summed E-state index contributed by atoms with van der Waals surface area (Å²) in [6.07, 6.45) is 0. The van der Waals surface area contributed by atoms with Crippen LogP contribution in [0.25, 0.3) is 0 Å². The standard InChI is InChI=1S/C16H13ClFN3O4/c1-9(15(22)20-14-6-5-11(17)8-13(14)18)19-16(23)10-3-2-4-12(7-10)21(24)25/h2-9H,1H3,(H,19,23)(H,20,22). The molecular weight excluding hydrogens is 353 g/mol. The number of anilines is 1. The van der Waals surface area contributed by atoms with E-state index in [-0.39, 0.29) is 22.0 Å². The normalized spacial score (nSPS) is 11.5. The fourth-order valence-electron chi connectivity index (χ4n) is 1.94. The Hall–Kier alpha value is -3.00. The molecule has 25 heavy (non-hydrogen) atoms. The summed E-state index contributed by atoms with van der Waals surface area (Å²) >= 11 is 5.63. The number of hydrogen-bond acceptors (Lipinski definition) is 4. The first-order chi connectivity index (χ1) is 11.8. The molecule has 2 N–H and O–H groups in total. The van der Waals surface area contributed by atoms with Gasteiger partial charge in [-0.2, -0.15) is 0 Å². The molecule has 0 spiro atoms. The molecule has 2 rings (SSSR count). The Balaban J connectivity index is 2.04. The number of halogens is 2. The lowest BCUT2D eigenvalue weighted by Crippen LogP contribution is -2.41. The Morgan fingerprint density at radius 2 is 1.96 bits per heavy atom. The lowest BCUT2D eigenvalue weighted by molar-refractivity contribution is -0.384. The zero-order chi connectivity index (χ0) is 18.6. The van der Waals surface area contributed by atoms with E-state index in [9.17, 15) is 24.1 Å². The maximum absolute atomic E-state index is 13.7. The number of carbonyl (C=O) groups excluding carboxylic acids is 2. The fourth-order valence-corrected chi connectivity index (χ4v) is 2.10. The molecule has 9 heteroatoms. The highest BCUT2D eigenvalue weighted by Gasteiger charge is 2.19. The Kier molecular flexibility index (Phi) is 5.66. The monoisotopic (exact) mass is 365 g/mol. The van der Waals surface area contributed by atoms with Gasteiger partial charge in [0.25, 0.3) is 11.6 Å². The van der Waals surface area contributed by atoms with Gasteiger partial charge in [-0.25, -0.2) is 4.39 Å². The Labute approximate surface area is 146 Å². The Bertz CT molecular complexity index is 844. The number of nitrogens with zero attached hydrogens (tertiary/aromatic N) is 1. The van der Waals surface area contributed by atoms with Gasteiger partial charge in [0.2, 0.25) is 5.91 Å². The maximum Gasteiger partial charge on any atom is 0.270 e. The molecule has 0 aromatic heterocycles. The van der Waals surface area contributed by atoms with Gasteiger partial charge in [0, 0.05) is 22.7 Å². The summed E-state index contributed by atoms with van der Waals surface area (Å²) in [4.78, 5) is 34.3. The van der Waals surface area contributed by atoms with Gasteiger partial charge in [0.1, 0.15) is 11.9 Å². The molecule has 2 aromatic rings. The van der Waals surface area contributed by atoms with Crippen LogP contribution in [0.5, 0.6) is 0 Å². The number of nitrogens with one attached hydrogen (secondary N) is 2. The summed E-state index contributed by atoms with van der Waals surface area (Å²) < 4.78 is 13.7. The van der Waals surface area contributed by atoms with Crippen molar-refractivity contribution in [3.8, 4) is 0 Å². The fraction of sp³-hybridized carbons (Fsp3) is 0.125. The number of hydrogen-bond donors (Lipinski definition) is 2. The van der Waals surface area contributed by atoms with Crippen LogP contribution in [0.4, 0.5) is 15.8 Å². The number of non-ortho nitro benzene ring substituents is 1. The van der Waals surface area contributed by atoms with E-state index in [1.54, 1.807) is 0 Å². The molecular formula is C16H13ClFN3O4. The summed E-state index contributed by atoms with van der Waals surface area (Å²) in [5, 5.41) is 15.6. The molecule has 2 aromatic carbocycles. The molecule has 0 saturated heterocycles. The van der Waals surface area contributed by atoms with Gasteiger partial charge in [-0.05, 0) is 31.2 Å². The SMILES string of the molecule is CC(NC(=O)c1cccc([N+](=O)[O-])c1)C(=O)Nc1ccc(Cl)cc1F. The summed E-state index contributed by atoms with van der Waals surface area (Å²) in [7, 11) is 0. The second kappa shape index (κ2) is 7.71. The highest BCUT2D eigenvalue weighted by Crippen LogP contribution is 2.19. The average Bonchev–Trinajstić information content (AvgIpc) is 2.57. The van der Waals surface area contributed by atoms with Crippen molar-refractivity contribution in [1.82, 2.24) is 5.32 Å². The molecule has 0 aliphatic carbocycles. The van der Waals surface area contributed by atoms with Crippen LogP contribution in [0.1, 0.15) is 17.3 Å². The van der Waals surface area contributed by atoms with E-state index in [4.69, 9.17) is 11.6 Å².